The molecule has 4 N–H and O–H groups in total. The van der Waals surface area contributed by atoms with Crippen LogP contribution in [0.4, 0.5) is 11.4 Å². The van der Waals surface area contributed by atoms with Gasteiger partial charge in [0.1, 0.15) is 0 Å². The summed E-state index contributed by atoms with van der Waals surface area (Å²) < 4.78 is 5.31. The number of benzene rings is 2. The molecule has 0 atom stereocenters. The molecule has 7 nitrogen and oxygen atoms in total. The second kappa shape index (κ2) is 9.87. The van der Waals surface area contributed by atoms with Gasteiger partial charge in [-0.2, -0.15) is 0 Å². The number of anilines is 2. The molecule has 148 valence electrons. The van der Waals surface area contributed by atoms with Gasteiger partial charge in [-0.1, -0.05) is 24.3 Å². The Morgan fingerprint density at radius 3 is 2.64 bits per heavy atom. The summed E-state index contributed by atoms with van der Waals surface area (Å²) in [7, 11) is 0. The maximum atomic E-state index is 12.3. The molecular formula is C21H26N4O3. The van der Waals surface area contributed by atoms with E-state index in [1.54, 1.807) is 24.3 Å². The Hall–Kier alpha value is -2.90. The zero-order valence-electron chi connectivity index (χ0n) is 15.8. The molecule has 1 heterocycles. The lowest BCUT2D eigenvalue weighted by Crippen LogP contribution is -2.38. The van der Waals surface area contributed by atoms with Gasteiger partial charge in [-0.3, -0.25) is 14.5 Å². The first-order valence-electron chi connectivity index (χ1n) is 9.43. The summed E-state index contributed by atoms with van der Waals surface area (Å²) in [4.78, 5) is 26.7. The van der Waals surface area contributed by atoms with Crippen molar-refractivity contribution >= 4 is 23.2 Å². The molecule has 0 unspecified atom stereocenters. The van der Waals surface area contributed by atoms with Gasteiger partial charge in [0.15, 0.2) is 0 Å². The Labute approximate surface area is 164 Å². The van der Waals surface area contributed by atoms with E-state index in [2.05, 4.69) is 15.5 Å². The summed E-state index contributed by atoms with van der Waals surface area (Å²) in [6.45, 7) is 4.27. The van der Waals surface area contributed by atoms with Crippen molar-refractivity contribution in [1.29, 1.82) is 0 Å². The van der Waals surface area contributed by atoms with Crippen molar-refractivity contribution in [3.63, 3.8) is 0 Å². The number of para-hydroxylation sites is 1. The molecule has 1 saturated heterocycles. The number of amides is 2. The predicted molar refractivity (Wildman–Crippen MR) is 109 cm³/mol. The van der Waals surface area contributed by atoms with Gasteiger partial charge >= 0.3 is 0 Å². The maximum Gasteiger partial charge on any atom is 0.253 e. The minimum Gasteiger partial charge on any atom is -0.398 e. The number of rotatable bonds is 7. The molecular weight excluding hydrogens is 356 g/mol. The van der Waals surface area contributed by atoms with Crippen LogP contribution in [0.15, 0.2) is 48.5 Å². The first kappa shape index (κ1) is 19.9. The predicted octanol–water partition coefficient (Wildman–Crippen LogP) is 1.86. The standard InChI is InChI=1S/C21H26N4O3/c22-19-7-2-1-6-18(19)21(27)23-15-16-4-3-5-17(14-16)24-20(26)8-9-25-10-12-28-13-11-25/h1-7,14H,8-13,15,22H2,(H,23,27)(H,24,26). The number of nitrogens with one attached hydrogen (secondary N) is 2. The second-order valence-corrected chi connectivity index (χ2v) is 6.72. The summed E-state index contributed by atoms with van der Waals surface area (Å²) in [5.74, 6) is -0.247. The Bertz CT molecular complexity index is 819. The van der Waals surface area contributed by atoms with Crippen molar-refractivity contribution in [3.05, 3.63) is 59.7 Å². The number of hydrogen-bond acceptors (Lipinski definition) is 5. The van der Waals surface area contributed by atoms with Gasteiger partial charge in [-0.15, -0.1) is 0 Å². The van der Waals surface area contributed by atoms with E-state index in [4.69, 9.17) is 10.5 Å². The Kier molecular flexibility index (Phi) is 7.00. The molecule has 7 heteroatoms. The third-order valence-electron chi connectivity index (χ3n) is 4.63. The summed E-state index contributed by atoms with van der Waals surface area (Å²) in [5.41, 5.74) is 8.35. The van der Waals surface area contributed by atoms with Crippen LogP contribution in [-0.2, 0) is 16.1 Å². The number of nitrogen functional groups attached to an aromatic ring is 1. The Balaban J connectivity index is 1.48. The summed E-state index contributed by atoms with van der Waals surface area (Å²) in [6, 6.07) is 14.4. The molecule has 0 bridgehead atoms. The van der Waals surface area contributed by atoms with Crippen molar-refractivity contribution in [2.45, 2.75) is 13.0 Å². The Morgan fingerprint density at radius 1 is 1.07 bits per heavy atom. The fraction of sp³-hybridized carbons (Fsp3) is 0.333. The number of nitrogens with zero attached hydrogens (tertiary/aromatic N) is 1. The van der Waals surface area contributed by atoms with Gasteiger partial charge in [0.05, 0.1) is 18.8 Å². The van der Waals surface area contributed by atoms with E-state index < -0.39 is 0 Å². The fourth-order valence-electron chi connectivity index (χ4n) is 3.05. The first-order valence-corrected chi connectivity index (χ1v) is 9.43. The minimum absolute atomic E-state index is 0.0234. The lowest BCUT2D eigenvalue weighted by atomic mass is 10.1. The number of carbonyl (C=O) groups excluding carboxylic acids is 2. The van der Waals surface area contributed by atoms with E-state index >= 15 is 0 Å². The molecule has 0 radical (unpaired) electrons. The molecule has 1 fully saturated rings. The number of carbonyl (C=O) groups is 2. The molecule has 3 rings (SSSR count). The van der Waals surface area contributed by atoms with Crippen LogP contribution in [0, 0.1) is 0 Å². The van der Waals surface area contributed by atoms with Crippen LogP contribution in [-0.4, -0.2) is 49.6 Å². The number of ether oxygens (including phenoxy) is 1. The molecule has 1 aliphatic rings. The third-order valence-corrected chi connectivity index (χ3v) is 4.63. The molecule has 2 aromatic rings. The fourth-order valence-corrected chi connectivity index (χ4v) is 3.05. The molecule has 0 aliphatic carbocycles. The van der Waals surface area contributed by atoms with E-state index in [-0.39, 0.29) is 11.8 Å². The molecule has 0 spiro atoms. The topological polar surface area (TPSA) is 96.7 Å². The van der Waals surface area contributed by atoms with Crippen LogP contribution in [0.3, 0.4) is 0 Å². The first-order chi connectivity index (χ1) is 13.6. The molecule has 0 aromatic heterocycles. The normalized spacial score (nSPS) is 14.4. The third kappa shape index (κ3) is 5.80. The lowest BCUT2D eigenvalue weighted by molar-refractivity contribution is -0.116. The Morgan fingerprint density at radius 2 is 1.86 bits per heavy atom. The summed E-state index contributed by atoms with van der Waals surface area (Å²) in [5, 5.41) is 5.78. The minimum atomic E-state index is -0.224. The number of morpholine rings is 1. The second-order valence-electron chi connectivity index (χ2n) is 6.72. The van der Waals surface area contributed by atoms with Crippen LogP contribution >= 0.6 is 0 Å². The molecule has 0 saturated carbocycles. The largest absolute Gasteiger partial charge is 0.398 e. The molecule has 1 aliphatic heterocycles. The van der Waals surface area contributed by atoms with Gasteiger partial charge < -0.3 is 21.1 Å². The molecule has 2 aromatic carbocycles. The van der Waals surface area contributed by atoms with Crippen LogP contribution in [0.1, 0.15) is 22.3 Å². The maximum absolute atomic E-state index is 12.3. The van der Waals surface area contributed by atoms with Crippen LogP contribution in [0.2, 0.25) is 0 Å². The molecule has 2 amide bonds. The average molecular weight is 382 g/mol. The van der Waals surface area contributed by atoms with Gasteiger partial charge in [0.2, 0.25) is 5.91 Å². The van der Waals surface area contributed by atoms with Gasteiger partial charge in [-0.25, -0.2) is 0 Å². The van der Waals surface area contributed by atoms with Crippen molar-refractivity contribution in [2.75, 3.05) is 43.9 Å². The van der Waals surface area contributed by atoms with Crippen LogP contribution < -0.4 is 16.4 Å². The van der Waals surface area contributed by atoms with Crippen molar-refractivity contribution < 1.29 is 14.3 Å². The zero-order valence-corrected chi connectivity index (χ0v) is 15.8. The lowest BCUT2D eigenvalue weighted by Gasteiger charge is -2.26. The van der Waals surface area contributed by atoms with Gasteiger partial charge in [0, 0.05) is 44.0 Å². The van der Waals surface area contributed by atoms with Crippen LogP contribution in [0.25, 0.3) is 0 Å². The van der Waals surface area contributed by atoms with E-state index in [0.717, 1.165) is 44.1 Å². The number of hydrogen-bond donors (Lipinski definition) is 3. The van der Waals surface area contributed by atoms with E-state index in [1.807, 2.05) is 24.3 Å². The average Bonchev–Trinajstić information content (AvgIpc) is 2.72. The van der Waals surface area contributed by atoms with E-state index in [1.165, 1.54) is 0 Å². The highest BCUT2D eigenvalue weighted by Gasteiger charge is 2.12. The van der Waals surface area contributed by atoms with Crippen molar-refractivity contribution in [2.24, 2.45) is 0 Å². The highest BCUT2D eigenvalue weighted by molar-refractivity contribution is 5.99. The van der Waals surface area contributed by atoms with Crippen LogP contribution in [0.5, 0.6) is 0 Å². The van der Waals surface area contributed by atoms with Gasteiger partial charge in [-0.05, 0) is 29.8 Å². The highest BCUT2D eigenvalue weighted by Crippen LogP contribution is 2.13. The quantitative estimate of drug-likeness (QED) is 0.635. The summed E-state index contributed by atoms with van der Waals surface area (Å²) >= 11 is 0. The van der Waals surface area contributed by atoms with E-state index in [9.17, 15) is 9.59 Å². The van der Waals surface area contributed by atoms with Gasteiger partial charge in [0.25, 0.3) is 5.91 Å². The smallest absolute Gasteiger partial charge is 0.253 e. The van der Waals surface area contributed by atoms with Crippen molar-refractivity contribution in [3.8, 4) is 0 Å². The molecule has 28 heavy (non-hydrogen) atoms. The number of nitrogens with two attached hydrogens (primary N) is 1. The SMILES string of the molecule is Nc1ccccc1C(=O)NCc1cccc(NC(=O)CCN2CCOCC2)c1. The van der Waals surface area contributed by atoms with E-state index in [0.29, 0.717) is 24.2 Å². The van der Waals surface area contributed by atoms with Crippen molar-refractivity contribution in [1.82, 2.24) is 10.2 Å². The zero-order chi connectivity index (χ0) is 19.8. The monoisotopic (exact) mass is 382 g/mol. The highest BCUT2D eigenvalue weighted by atomic mass is 16.5. The summed E-state index contributed by atoms with van der Waals surface area (Å²) in [6.07, 6.45) is 0.439.